The van der Waals surface area contributed by atoms with Gasteiger partial charge in [-0.05, 0) is 6.07 Å². The standard InChI is InChI=1S/C12H14N6OS/c1-13-11(19)17-12-16-8-3-6-18(7-9(8)20-12)10-14-4-2-5-15-10/h2,4-5H,3,6-7H2,1H3,(H2,13,16,17,19). The Morgan fingerprint density at radius 2 is 2.20 bits per heavy atom. The van der Waals surface area contributed by atoms with Gasteiger partial charge in [0, 0.05) is 37.3 Å². The maximum atomic E-state index is 11.3. The smallest absolute Gasteiger partial charge is 0.320 e. The van der Waals surface area contributed by atoms with Crippen LogP contribution in [0, 0.1) is 0 Å². The van der Waals surface area contributed by atoms with Crippen LogP contribution in [0.5, 0.6) is 0 Å². The van der Waals surface area contributed by atoms with E-state index in [-0.39, 0.29) is 6.03 Å². The van der Waals surface area contributed by atoms with Gasteiger partial charge in [0.15, 0.2) is 5.13 Å². The largest absolute Gasteiger partial charge is 0.341 e. The van der Waals surface area contributed by atoms with Crippen LogP contribution in [0.2, 0.25) is 0 Å². The summed E-state index contributed by atoms with van der Waals surface area (Å²) >= 11 is 1.50. The lowest BCUT2D eigenvalue weighted by molar-refractivity contribution is 0.254. The lowest BCUT2D eigenvalue weighted by Gasteiger charge is -2.25. The maximum absolute atomic E-state index is 11.3. The van der Waals surface area contributed by atoms with E-state index in [0.717, 1.165) is 36.0 Å². The van der Waals surface area contributed by atoms with E-state index >= 15 is 0 Å². The van der Waals surface area contributed by atoms with Crippen LogP contribution >= 0.6 is 11.3 Å². The molecule has 2 amide bonds. The SMILES string of the molecule is CNC(=O)Nc1nc2c(s1)CN(c1ncccn1)CC2. The van der Waals surface area contributed by atoms with E-state index in [1.165, 1.54) is 11.3 Å². The molecule has 0 fully saturated rings. The molecule has 104 valence electrons. The first-order chi connectivity index (χ1) is 9.76. The second-order valence-corrected chi connectivity index (χ2v) is 5.40. The van der Waals surface area contributed by atoms with Crippen LogP contribution in [0.25, 0.3) is 0 Å². The number of carbonyl (C=O) groups excluding carboxylic acids is 1. The summed E-state index contributed by atoms with van der Waals surface area (Å²) in [7, 11) is 1.58. The van der Waals surface area contributed by atoms with Gasteiger partial charge in [0.2, 0.25) is 5.95 Å². The van der Waals surface area contributed by atoms with Crippen molar-refractivity contribution in [2.24, 2.45) is 0 Å². The summed E-state index contributed by atoms with van der Waals surface area (Å²) in [6.45, 7) is 1.56. The molecule has 0 atom stereocenters. The summed E-state index contributed by atoms with van der Waals surface area (Å²) < 4.78 is 0. The Morgan fingerprint density at radius 3 is 2.95 bits per heavy atom. The van der Waals surface area contributed by atoms with Crippen LogP contribution < -0.4 is 15.5 Å². The molecule has 0 saturated carbocycles. The van der Waals surface area contributed by atoms with Crippen LogP contribution in [0.3, 0.4) is 0 Å². The van der Waals surface area contributed by atoms with Gasteiger partial charge in [0.25, 0.3) is 0 Å². The Labute approximate surface area is 120 Å². The van der Waals surface area contributed by atoms with Crippen molar-refractivity contribution in [3.8, 4) is 0 Å². The third-order valence-corrected chi connectivity index (χ3v) is 4.01. The average molecular weight is 290 g/mol. The first-order valence-electron chi connectivity index (χ1n) is 6.25. The topological polar surface area (TPSA) is 83.0 Å². The first-order valence-corrected chi connectivity index (χ1v) is 7.07. The molecule has 8 heteroatoms. The van der Waals surface area contributed by atoms with E-state index in [2.05, 4.69) is 30.5 Å². The van der Waals surface area contributed by atoms with Crippen LogP contribution in [-0.2, 0) is 13.0 Å². The van der Waals surface area contributed by atoms with Crippen molar-refractivity contribution in [1.29, 1.82) is 0 Å². The van der Waals surface area contributed by atoms with Gasteiger partial charge < -0.3 is 10.2 Å². The third-order valence-electron chi connectivity index (χ3n) is 3.01. The second kappa shape index (κ2) is 5.41. The molecule has 0 spiro atoms. The minimum Gasteiger partial charge on any atom is -0.341 e. The van der Waals surface area contributed by atoms with Crippen LogP contribution in [0.1, 0.15) is 10.6 Å². The monoisotopic (exact) mass is 290 g/mol. The third kappa shape index (κ3) is 2.55. The van der Waals surface area contributed by atoms with E-state index in [0.29, 0.717) is 5.13 Å². The van der Waals surface area contributed by atoms with Crippen molar-refractivity contribution >= 4 is 28.4 Å². The zero-order valence-electron chi connectivity index (χ0n) is 11.0. The van der Waals surface area contributed by atoms with Crippen LogP contribution in [0.4, 0.5) is 15.9 Å². The zero-order valence-corrected chi connectivity index (χ0v) is 11.8. The molecule has 0 aromatic carbocycles. The first kappa shape index (κ1) is 12.8. The van der Waals surface area contributed by atoms with Gasteiger partial charge in [-0.15, -0.1) is 0 Å². The maximum Gasteiger partial charge on any atom is 0.320 e. The fraction of sp³-hybridized carbons (Fsp3) is 0.333. The summed E-state index contributed by atoms with van der Waals surface area (Å²) in [6.07, 6.45) is 4.31. The van der Waals surface area contributed by atoms with Gasteiger partial charge >= 0.3 is 6.03 Å². The van der Waals surface area contributed by atoms with Crippen molar-refractivity contribution in [3.63, 3.8) is 0 Å². The van der Waals surface area contributed by atoms with Crippen LogP contribution in [0.15, 0.2) is 18.5 Å². The molecule has 2 aromatic heterocycles. The number of nitrogens with zero attached hydrogens (tertiary/aromatic N) is 4. The van der Waals surface area contributed by atoms with E-state index in [1.807, 2.05) is 0 Å². The fourth-order valence-electron chi connectivity index (χ4n) is 2.03. The highest BCUT2D eigenvalue weighted by Crippen LogP contribution is 2.29. The molecule has 0 bridgehead atoms. The quantitative estimate of drug-likeness (QED) is 0.869. The van der Waals surface area contributed by atoms with Gasteiger partial charge in [0.1, 0.15) is 0 Å². The number of carbonyl (C=O) groups is 1. The molecule has 1 aliphatic heterocycles. The second-order valence-electron chi connectivity index (χ2n) is 4.31. The van der Waals surface area contributed by atoms with Gasteiger partial charge in [-0.3, -0.25) is 5.32 Å². The molecule has 2 N–H and O–H groups in total. The highest BCUT2D eigenvalue weighted by atomic mass is 32.1. The number of aromatic nitrogens is 3. The molecule has 1 aliphatic rings. The highest BCUT2D eigenvalue weighted by Gasteiger charge is 2.22. The summed E-state index contributed by atoms with van der Waals surface area (Å²) in [4.78, 5) is 27.5. The van der Waals surface area contributed by atoms with Gasteiger partial charge in [-0.25, -0.2) is 19.7 Å². The molecular weight excluding hydrogens is 276 g/mol. The molecular formula is C12H14N6OS. The Balaban J connectivity index is 1.76. The number of nitrogens with one attached hydrogen (secondary N) is 2. The lowest BCUT2D eigenvalue weighted by Crippen LogP contribution is -2.31. The van der Waals surface area contributed by atoms with E-state index in [1.54, 1.807) is 25.5 Å². The van der Waals surface area contributed by atoms with E-state index in [9.17, 15) is 4.79 Å². The van der Waals surface area contributed by atoms with Crippen molar-refractivity contribution in [2.75, 3.05) is 23.8 Å². The van der Waals surface area contributed by atoms with Gasteiger partial charge in [-0.2, -0.15) is 0 Å². The molecule has 3 heterocycles. The summed E-state index contributed by atoms with van der Waals surface area (Å²) in [6, 6.07) is 1.55. The Morgan fingerprint density at radius 1 is 1.40 bits per heavy atom. The summed E-state index contributed by atoms with van der Waals surface area (Å²) in [5.41, 5.74) is 1.05. The minimum atomic E-state index is -0.251. The van der Waals surface area contributed by atoms with Crippen molar-refractivity contribution in [2.45, 2.75) is 13.0 Å². The van der Waals surface area contributed by atoms with Crippen LogP contribution in [-0.4, -0.2) is 34.6 Å². The zero-order chi connectivity index (χ0) is 13.9. The number of thiazole rings is 1. The predicted molar refractivity (Wildman–Crippen MR) is 77.0 cm³/mol. The Bertz CT molecular complexity index is 614. The van der Waals surface area contributed by atoms with Gasteiger partial charge in [-0.1, -0.05) is 11.3 Å². The number of amides is 2. The minimum absolute atomic E-state index is 0.251. The number of urea groups is 1. The highest BCUT2D eigenvalue weighted by molar-refractivity contribution is 7.15. The Kier molecular flexibility index (Phi) is 3.46. The van der Waals surface area contributed by atoms with Crippen molar-refractivity contribution in [1.82, 2.24) is 20.3 Å². The predicted octanol–water partition coefficient (Wildman–Crippen LogP) is 1.25. The number of hydrogen-bond acceptors (Lipinski definition) is 6. The number of rotatable bonds is 2. The summed E-state index contributed by atoms with van der Waals surface area (Å²) in [5.74, 6) is 0.729. The number of hydrogen-bond donors (Lipinski definition) is 2. The number of anilines is 2. The summed E-state index contributed by atoms with van der Waals surface area (Å²) in [5, 5.41) is 5.86. The van der Waals surface area contributed by atoms with E-state index < -0.39 is 0 Å². The molecule has 3 rings (SSSR count). The molecule has 0 aliphatic carbocycles. The Hall–Kier alpha value is -2.22. The van der Waals surface area contributed by atoms with E-state index in [4.69, 9.17) is 0 Å². The average Bonchev–Trinajstić information content (AvgIpc) is 2.89. The normalized spacial score (nSPS) is 13.8. The van der Waals surface area contributed by atoms with Gasteiger partial charge in [0.05, 0.1) is 12.2 Å². The lowest BCUT2D eigenvalue weighted by atomic mass is 10.2. The molecule has 0 unspecified atom stereocenters. The molecule has 0 saturated heterocycles. The molecule has 0 radical (unpaired) electrons. The number of fused-ring (bicyclic) bond motifs is 1. The molecule has 20 heavy (non-hydrogen) atoms. The van der Waals surface area contributed by atoms with Crippen molar-refractivity contribution in [3.05, 3.63) is 29.0 Å². The fourth-order valence-corrected chi connectivity index (χ4v) is 3.05. The van der Waals surface area contributed by atoms with Crippen molar-refractivity contribution < 1.29 is 4.79 Å². The molecule has 7 nitrogen and oxygen atoms in total. The molecule has 2 aromatic rings.